The molecule has 0 aliphatic carbocycles. The number of aromatic nitrogens is 2. The fourth-order valence-electron chi connectivity index (χ4n) is 4.46. The first kappa shape index (κ1) is 21.3. The molecule has 0 unspecified atom stereocenters. The molecule has 0 atom stereocenters. The number of nitrogens with two attached hydrogens (primary N) is 1. The zero-order valence-corrected chi connectivity index (χ0v) is 18.2. The summed E-state index contributed by atoms with van der Waals surface area (Å²) in [6, 6.07) is 10.3. The molecule has 7 heteroatoms. The summed E-state index contributed by atoms with van der Waals surface area (Å²) in [6.45, 7) is 3.57. The van der Waals surface area contributed by atoms with Crippen molar-refractivity contribution in [2.24, 2.45) is 5.73 Å². The standard InChI is InChI=1S/C24H30N4O3/c1-30-16-20-13-18(23(31-2)15-26-20)5-9-27-10-7-21(8-11-27)28-12-6-17-3-4-19(24(25)29)14-22(17)28/h3-4,6,12-15,21H,5,7-11,16H2,1-2H3,(H2,25,29). The molecular weight excluding hydrogens is 392 g/mol. The molecule has 1 aliphatic heterocycles. The van der Waals surface area contributed by atoms with E-state index in [-0.39, 0.29) is 5.91 Å². The number of carbonyl (C=O) groups excluding carboxylic acids is 1. The highest BCUT2D eigenvalue weighted by atomic mass is 16.5. The van der Waals surface area contributed by atoms with Crippen LogP contribution < -0.4 is 10.5 Å². The summed E-state index contributed by atoms with van der Waals surface area (Å²) in [7, 11) is 3.37. The van der Waals surface area contributed by atoms with E-state index in [9.17, 15) is 4.79 Å². The zero-order chi connectivity index (χ0) is 21.8. The van der Waals surface area contributed by atoms with Crippen molar-refractivity contribution in [3.63, 3.8) is 0 Å². The van der Waals surface area contributed by atoms with Gasteiger partial charge < -0.3 is 24.7 Å². The van der Waals surface area contributed by atoms with Crippen LogP contribution in [0.15, 0.2) is 42.7 Å². The molecule has 1 saturated heterocycles. The molecule has 0 radical (unpaired) electrons. The number of benzene rings is 1. The van der Waals surface area contributed by atoms with Crippen LogP contribution in [-0.4, -0.2) is 54.2 Å². The maximum Gasteiger partial charge on any atom is 0.248 e. The van der Waals surface area contributed by atoms with Crippen molar-refractivity contribution < 1.29 is 14.3 Å². The van der Waals surface area contributed by atoms with Crippen LogP contribution in [0, 0.1) is 0 Å². The molecule has 0 saturated carbocycles. The fraction of sp³-hybridized carbons (Fsp3) is 0.417. The Morgan fingerprint density at radius 2 is 2.00 bits per heavy atom. The van der Waals surface area contributed by atoms with Crippen molar-refractivity contribution in [1.82, 2.24) is 14.5 Å². The van der Waals surface area contributed by atoms with E-state index < -0.39 is 0 Å². The van der Waals surface area contributed by atoms with Gasteiger partial charge in [-0.05, 0) is 54.5 Å². The van der Waals surface area contributed by atoms with Crippen LogP contribution in [0.4, 0.5) is 0 Å². The third-order valence-electron chi connectivity index (χ3n) is 6.17. The number of carbonyl (C=O) groups is 1. The van der Waals surface area contributed by atoms with Gasteiger partial charge in [0.25, 0.3) is 0 Å². The zero-order valence-electron chi connectivity index (χ0n) is 18.2. The minimum absolute atomic E-state index is 0.385. The second-order valence-corrected chi connectivity index (χ2v) is 8.10. The topological polar surface area (TPSA) is 82.6 Å². The van der Waals surface area contributed by atoms with Crippen LogP contribution in [0.25, 0.3) is 10.9 Å². The Hall–Kier alpha value is -2.90. The van der Waals surface area contributed by atoms with Crippen LogP contribution in [0.1, 0.15) is 40.5 Å². The molecule has 1 amide bonds. The molecule has 31 heavy (non-hydrogen) atoms. The summed E-state index contributed by atoms with van der Waals surface area (Å²) in [6.07, 6.45) is 6.99. The molecule has 0 bridgehead atoms. The van der Waals surface area contributed by atoms with Crippen molar-refractivity contribution >= 4 is 16.8 Å². The highest BCUT2D eigenvalue weighted by Crippen LogP contribution is 2.29. The maximum absolute atomic E-state index is 11.6. The Balaban J connectivity index is 1.39. The van der Waals surface area contributed by atoms with Gasteiger partial charge in [-0.2, -0.15) is 0 Å². The second kappa shape index (κ2) is 9.49. The number of hydrogen-bond acceptors (Lipinski definition) is 5. The highest BCUT2D eigenvalue weighted by Gasteiger charge is 2.22. The van der Waals surface area contributed by atoms with Crippen LogP contribution in [0.2, 0.25) is 0 Å². The first-order valence-electron chi connectivity index (χ1n) is 10.7. The maximum atomic E-state index is 11.6. The number of amides is 1. The van der Waals surface area contributed by atoms with Crippen LogP contribution in [0.3, 0.4) is 0 Å². The van der Waals surface area contributed by atoms with Gasteiger partial charge in [0.15, 0.2) is 0 Å². The van der Waals surface area contributed by atoms with Gasteiger partial charge in [0.2, 0.25) is 5.91 Å². The molecule has 164 valence electrons. The van der Waals surface area contributed by atoms with Crippen molar-refractivity contribution in [2.45, 2.75) is 31.9 Å². The van der Waals surface area contributed by atoms with E-state index >= 15 is 0 Å². The lowest BCUT2D eigenvalue weighted by molar-refractivity contribution is 0.100. The van der Waals surface area contributed by atoms with E-state index in [0.717, 1.165) is 61.2 Å². The quantitative estimate of drug-likeness (QED) is 0.603. The Morgan fingerprint density at radius 1 is 1.19 bits per heavy atom. The minimum Gasteiger partial charge on any atom is -0.495 e. The lowest BCUT2D eigenvalue weighted by Crippen LogP contribution is -2.35. The molecule has 0 spiro atoms. The summed E-state index contributed by atoms with van der Waals surface area (Å²) in [5, 5.41) is 1.14. The van der Waals surface area contributed by atoms with Crippen molar-refractivity contribution in [3.05, 3.63) is 59.5 Å². The normalized spacial score (nSPS) is 15.4. The highest BCUT2D eigenvalue weighted by molar-refractivity contribution is 5.97. The molecule has 1 aliphatic rings. The van der Waals surface area contributed by atoms with Crippen LogP contribution >= 0.6 is 0 Å². The summed E-state index contributed by atoms with van der Waals surface area (Å²) in [5.41, 5.74) is 9.21. The van der Waals surface area contributed by atoms with Gasteiger partial charge >= 0.3 is 0 Å². The molecule has 2 N–H and O–H groups in total. The number of fused-ring (bicyclic) bond motifs is 1. The molecular formula is C24H30N4O3. The minimum atomic E-state index is -0.385. The van der Waals surface area contributed by atoms with Gasteiger partial charge in [-0.25, -0.2) is 0 Å². The number of methoxy groups -OCH3 is 2. The monoisotopic (exact) mass is 422 g/mol. The second-order valence-electron chi connectivity index (χ2n) is 8.10. The first-order valence-corrected chi connectivity index (χ1v) is 10.7. The van der Waals surface area contributed by atoms with E-state index in [4.69, 9.17) is 15.2 Å². The Labute approximate surface area is 182 Å². The first-order chi connectivity index (χ1) is 15.1. The number of pyridine rings is 1. The van der Waals surface area contributed by atoms with E-state index in [1.807, 2.05) is 12.1 Å². The van der Waals surface area contributed by atoms with Crippen LogP contribution in [-0.2, 0) is 17.8 Å². The number of hydrogen-bond donors (Lipinski definition) is 1. The molecule has 1 aromatic carbocycles. The molecule has 4 rings (SSSR count). The molecule has 3 aromatic rings. The van der Waals surface area contributed by atoms with Gasteiger partial charge in [-0.3, -0.25) is 9.78 Å². The predicted octanol–water partition coefficient (Wildman–Crippen LogP) is 3.17. The van der Waals surface area contributed by atoms with Crippen molar-refractivity contribution in [3.8, 4) is 5.75 Å². The van der Waals surface area contributed by atoms with Crippen LogP contribution in [0.5, 0.6) is 5.75 Å². The smallest absolute Gasteiger partial charge is 0.248 e. The summed E-state index contributed by atoms with van der Waals surface area (Å²) in [5.74, 6) is 0.448. The number of ether oxygens (including phenoxy) is 2. The summed E-state index contributed by atoms with van der Waals surface area (Å²) < 4.78 is 13.0. The average molecular weight is 423 g/mol. The lowest BCUT2D eigenvalue weighted by atomic mass is 10.0. The molecule has 3 heterocycles. The fourth-order valence-corrected chi connectivity index (χ4v) is 4.46. The van der Waals surface area contributed by atoms with Gasteiger partial charge in [0.05, 0.1) is 25.6 Å². The largest absolute Gasteiger partial charge is 0.495 e. The van der Waals surface area contributed by atoms with Gasteiger partial charge in [0, 0.05) is 50.1 Å². The van der Waals surface area contributed by atoms with Gasteiger partial charge in [-0.1, -0.05) is 6.07 Å². The average Bonchev–Trinajstić information content (AvgIpc) is 3.21. The van der Waals surface area contributed by atoms with Gasteiger partial charge in [0.1, 0.15) is 5.75 Å². The Morgan fingerprint density at radius 3 is 2.71 bits per heavy atom. The van der Waals surface area contributed by atoms with E-state index in [1.54, 1.807) is 26.5 Å². The molecule has 7 nitrogen and oxygen atoms in total. The predicted molar refractivity (Wildman–Crippen MR) is 120 cm³/mol. The van der Waals surface area contributed by atoms with E-state index in [0.29, 0.717) is 18.2 Å². The third kappa shape index (κ3) is 4.73. The van der Waals surface area contributed by atoms with Crippen molar-refractivity contribution in [1.29, 1.82) is 0 Å². The van der Waals surface area contributed by atoms with E-state index in [1.165, 1.54) is 5.56 Å². The van der Waals surface area contributed by atoms with E-state index in [2.05, 4.69) is 32.8 Å². The Bertz CT molecular complexity index is 1050. The lowest BCUT2D eigenvalue weighted by Gasteiger charge is -2.33. The number of piperidine rings is 1. The number of primary amides is 1. The number of rotatable bonds is 8. The summed E-state index contributed by atoms with van der Waals surface area (Å²) in [4.78, 5) is 18.5. The van der Waals surface area contributed by atoms with Gasteiger partial charge in [-0.15, -0.1) is 0 Å². The SMILES string of the molecule is COCc1cc(CCN2CCC(n3ccc4ccc(C(N)=O)cc43)CC2)c(OC)cn1. The number of nitrogens with zero attached hydrogens (tertiary/aromatic N) is 3. The summed E-state index contributed by atoms with van der Waals surface area (Å²) >= 11 is 0. The number of likely N-dealkylation sites (tertiary alicyclic amines) is 1. The molecule has 1 fully saturated rings. The molecule has 2 aromatic heterocycles. The third-order valence-corrected chi connectivity index (χ3v) is 6.17. The van der Waals surface area contributed by atoms with Crippen molar-refractivity contribution in [2.75, 3.05) is 33.9 Å². The Kier molecular flexibility index (Phi) is 6.53.